The second kappa shape index (κ2) is 7.41. The van der Waals surface area contributed by atoms with Gasteiger partial charge in [-0.1, -0.05) is 6.07 Å². The fraction of sp³-hybridized carbons (Fsp3) is 0.619. The van der Waals surface area contributed by atoms with Gasteiger partial charge in [-0.15, -0.1) is 0 Å². The summed E-state index contributed by atoms with van der Waals surface area (Å²) in [6.07, 6.45) is 3.95. The van der Waals surface area contributed by atoms with Crippen molar-refractivity contribution in [3.63, 3.8) is 0 Å². The molecule has 2 bridgehead atoms. The molecule has 1 aromatic rings. The molecule has 3 aliphatic carbocycles. The lowest BCUT2D eigenvalue weighted by Gasteiger charge is -2.48. The van der Waals surface area contributed by atoms with E-state index in [9.17, 15) is 14.7 Å². The van der Waals surface area contributed by atoms with Gasteiger partial charge in [-0.3, -0.25) is 9.59 Å². The number of nitrogens with zero attached hydrogens (tertiary/aromatic N) is 2. The number of methoxy groups -OCH3 is 1. The maximum absolute atomic E-state index is 13.2. The molecule has 0 spiro atoms. The van der Waals surface area contributed by atoms with E-state index in [-0.39, 0.29) is 23.7 Å². The zero-order valence-corrected chi connectivity index (χ0v) is 15.8. The van der Waals surface area contributed by atoms with Crippen molar-refractivity contribution in [1.29, 1.82) is 0 Å². The number of anilines is 1. The van der Waals surface area contributed by atoms with Crippen molar-refractivity contribution < 1.29 is 19.4 Å². The summed E-state index contributed by atoms with van der Waals surface area (Å²) >= 11 is 0. The Morgan fingerprint density at radius 1 is 1.00 bits per heavy atom. The van der Waals surface area contributed by atoms with E-state index in [2.05, 4.69) is 11.0 Å². The molecule has 27 heavy (non-hydrogen) atoms. The van der Waals surface area contributed by atoms with E-state index < -0.39 is 11.9 Å². The molecule has 1 aromatic carbocycles. The number of hydrogen-bond donors (Lipinski definition) is 1. The number of ether oxygens (including phenoxy) is 1. The van der Waals surface area contributed by atoms with E-state index in [1.54, 1.807) is 7.11 Å². The van der Waals surface area contributed by atoms with Crippen molar-refractivity contribution >= 4 is 17.6 Å². The molecule has 6 nitrogen and oxygen atoms in total. The SMILES string of the molecule is COc1cccc(N2CCN(C(=O)C3C4CCC(CC4)C3C(=O)O)CC2)c1. The molecule has 2 atom stereocenters. The number of fused-ring (bicyclic) bond motifs is 3. The summed E-state index contributed by atoms with van der Waals surface area (Å²) in [7, 11) is 1.66. The average Bonchev–Trinajstić information content (AvgIpc) is 2.73. The van der Waals surface area contributed by atoms with Crippen LogP contribution in [-0.4, -0.2) is 55.2 Å². The molecular weight excluding hydrogens is 344 g/mol. The second-order valence-corrected chi connectivity index (χ2v) is 8.08. The lowest BCUT2D eigenvalue weighted by Crippen LogP contribution is -2.56. The molecule has 4 aliphatic rings. The minimum Gasteiger partial charge on any atom is -0.497 e. The highest BCUT2D eigenvalue weighted by Crippen LogP contribution is 2.49. The molecular formula is C21H28N2O4. The highest BCUT2D eigenvalue weighted by atomic mass is 16.5. The second-order valence-electron chi connectivity index (χ2n) is 8.08. The van der Waals surface area contributed by atoms with E-state index in [0.29, 0.717) is 13.1 Å². The van der Waals surface area contributed by atoms with E-state index >= 15 is 0 Å². The molecule has 5 rings (SSSR count). The summed E-state index contributed by atoms with van der Waals surface area (Å²) in [5.74, 6) is -0.257. The van der Waals surface area contributed by atoms with Gasteiger partial charge in [0.15, 0.2) is 0 Å². The number of carboxylic acid groups (broad SMARTS) is 1. The number of hydrogen-bond acceptors (Lipinski definition) is 4. The van der Waals surface area contributed by atoms with Gasteiger partial charge in [0.2, 0.25) is 5.91 Å². The molecule has 4 fully saturated rings. The first-order valence-corrected chi connectivity index (χ1v) is 9.99. The van der Waals surface area contributed by atoms with Gasteiger partial charge in [0, 0.05) is 37.9 Å². The van der Waals surface area contributed by atoms with Crippen molar-refractivity contribution in [2.45, 2.75) is 25.7 Å². The summed E-state index contributed by atoms with van der Waals surface area (Å²) in [6.45, 7) is 2.82. The molecule has 1 amide bonds. The van der Waals surface area contributed by atoms with Crippen LogP contribution in [0.25, 0.3) is 0 Å². The Labute approximate surface area is 160 Å². The summed E-state index contributed by atoms with van der Waals surface area (Å²) < 4.78 is 5.30. The smallest absolute Gasteiger partial charge is 0.307 e. The normalized spacial score (nSPS) is 30.3. The first-order valence-electron chi connectivity index (χ1n) is 9.99. The minimum atomic E-state index is -0.780. The number of aliphatic carboxylic acids is 1. The Morgan fingerprint density at radius 3 is 2.22 bits per heavy atom. The number of rotatable bonds is 4. The zero-order chi connectivity index (χ0) is 19.0. The fourth-order valence-corrected chi connectivity index (χ4v) is 5.36. The molecule has 2 unspecified atom stereocenters. The van der Waals surface area contributed by atoms with E-state index in [1.807, 2.05) is 23.1 Å². The van der Waals surface area contributed by atoms with Crippen molar-refractivity contribution in [3.8, 4) is 5.75 Å². The number of piperazine rings is 1. The average molecular weight is 372 g/mol. The molecule has 1 heterocycles. The quantitative estimate of drug-likeness (QED) is 0.879. The van der Waals surface area contributed by atoms with Crippen molar-refractivity contribution in [2.24, 2.45) is 23.7 Å². The highest BCUT2D eigenvalue weighted by Gasteiger charge is 2.51. The van der Waals surface area contributed by atoms with Gasteiger partial charge in [0.1, 0.15) is 5.75 Å². The largest absolute Gasteiger partial charge is 0.497 e. The van der Waals surface area contributed by atoms with Crippen LogP contribution in [0.2, 0.25) is 0 Å². The summed E-state index contributed by atoms with van der Waals surface area (Å²) in [4.78, 5) is 29.2. The molecule has 0 aromatic heterocycles. The van der Waals surface area contributed by atoms with Gasteiger partial charge in [-0.05, 0) is 49.7 Å². The van der Waals surface area contributed by atoms with Crippen molar-refractivity contribution in [3.05, 3.63) is 24.3 Å². The standard InChI is InChI=1S/C21H28N2O4/c1-27-17-4-2-3-16(13-17)22-9-11-23(12-10-22)20(24)18-14-5-7-15(8-6-14)19(18)21(25)26/h2-4,13-15,18-19H,5-12H2,1H3,(H,25,26). The third-order valence-corrected chi connectivity index (χ3v) is 6.80. The van der Waals surface area contributed by atoms with Gasteiger partial charge in [0.05, 0.1) is 18.9 Å². The van der Waals surface area contributed by atoms with Crippen LogP contribution in [0.3, 0.4) is 0 Å². The zero-order valence-electron chi connectivity index (χ0n) is 15.8. The van der Waals surface area contributed by atoms with Crippen molar-refractivity contribution in [1.82, 2.24) is 4.90 Å². The van der Waals surface area contributed by atoms with Gasteiger partial charge >= 0.3 is 5.97 Å². The molecule has 0 radical (unpaired) electrons. The Morgan fingerprint density at radius 2 is 1.63 bits per heavy atom. The Kier molecular flexibility index (Phi) is 4.98. The minimum absolute atomic E-state index is 0.0714. The number of benzene rings is 1. The van der Waals surface area contributed by atoms with Gasteiger partial charge in [-0.25, -0.2) is 0 Å². The molecule has 146 valence electrons. The van der Waals surface area contributed by atoms with E-state index in [1.165, 1.54) is 0 Å². The van der Waals surface area contributed by atoms with Gasteiger partial charge in [-0.2, -0.15) is 0 Å². The van der Waals surface area contributed by atoms with Crippen LogP contribution in [0.1, 0.15) is 25.7 Å². The van der Waals surface area contributed by atoms with E-state index in [4.69, 9.17) is 4.74 Å². The van der Waals surface area contributed by atoms with Crippen LogP contribution in [0, 0.1) is 23.7 Å². The van der Waals surface area contributed by atoms with Crippen LogP contribution in [0.15, 0.2) is 24.3 Å². The molecule has 1 aliphatic heterocycles. The highest BCUT2D eigenvalue weighted by molar-refractivity contribution is 5.86. The predicted molar refractivity (Wildman–Crippen MR) is 102 cm³/mol. The molecule has 1 saturated heterocycles. The number of amides is 1. The first kappa shape index (κ1) is 18.1. The molecule has 3 saturated carbocycles. The van der Waals surface area contributed by atoms with Crippen LogP contribution in [0.5, 0.6) is 5.75 Å². The monoisotopic (exact) mass is 372 g/mol. The number of carbonyl (C=O) groups is 2. The first-order chi connectivity index (χ1) is 13.1. The maximum atomic E-state index is 13.2. The maximum Gasteiger partial charge on any atom is 0.307 e. The predicted octanol–water partition coefficient (Wildman–Crippen LogP) is 2.48. The molecule has 6 heteroatoms. The van der Waals surface area contributed by atoms with Crippen LogP contribution in [0.4, 0.5) is 5.69 Å². The van der Waals surface area contributed by atoms with E-state index in [0.717, 1.165) is 50.2 Å². The lowest BCUT2D eigenvalue weighted by atomic mass is 9.58. The summed E-state index contributed by atoms with van der Waals surface area (Å²) in [5.41, 5.74) is 1.10. The Balaban J connectivity index is 1.43. The third kappa shape index (κ3) is 3.37. The van der Waals surface area contributed by atoms with Gasteiger partial charge in [0.25, 0.3) is 0 Å². The van der Waals surface area contributed by atoms with Crippen LogP contribution < -0.4 is 9.64 Å². The van der Waals surface area contributed by atoms with Crippen molar-refractivity contribution in [2.75, 3.05) is 38.2 Å². The number of carboxylic acids is 1. The fourth-order valence-electron chi connectivity index (χ4n) is 5.36. The van der Waals surface area contributed by atoms with Crippen LogP contribution in [-0.2, 0) is 9.59 Å². The Bertz CT molecular complexity index is 706. The molecule has 1 N–H and O–H groups in total. The van der Waals surface area contributed by atoms with Gasteiger partial charge < -0.3 is 19.6 Å². The lowest BCUT2D eigenvalue weighted by molar-refractivity contribution is -0.162. The summed E-state index contributed by atoms with van der Waals surface area (Å²) in [6, 6.07) is 7.97. The number of carbonyl (C=O) groups excluding carboxylic acids is 1. The third-order valence-electron chi connectivity index (χ3n) is 6.80. The topological polar surface area (TPSA) is 70.1 Å². The van der Waals surface area contributed by atoms with Crippen LogP contribution >= 0.6 is 0 Å². The summed E-state index contributed by atoms with van der Waals surface area (Å²) in [5, 5.41) is 9.73. The Hall–Kier alpha value is -2.24.